The second-order valence-electron chi connectivity index (χ2n) is 18.8. The predicted molar refractivity (Wildman–Crippen MR) is 186 cm³/mol. The molecule has 1 amide bonds. The zero-order chi connectivity index (χ0) is 35.1. The van der Waals surface area contributed by atoms with E-state index in [9.17, 15) is 19.5 Å². The highest BCUT2D eigenvalue weighted by atomic mass is 16.5. The first-order chi connectivity index (χ1) is 22.3. The Morgan fingerprint density at radius 3 is 2.21 bits per heavy atom. The van der Waals surface area contributed by atoms with Crippen LogP contribution in [0.1, 0.15) is 126 Å². The maximum atomic E-state index is 13.7. The van der Waals surface area contributed by atoms with Gasteiger partial charge in [0.05, 0.1) is 24.2 Å². The van der Waals surface area contributed by atoms with Crippen LogP contribution < -0.4 is 9.88 Å². The maximum Gasteiger partial charge on any atom is 0.496 e. The summed E-state index contributed by atoms with van der Waals surface area (Å²) in [6.45, 7) is 22.3. The monoisotopic (exact) mass is 661 g/mol. The molecule has 0 aromatic carbocycles. The number of carboxylic acid groups (broad SMARTS) is 1. The molecule has 5 aliphatic carbocycles. The van der Waals surface area contributed by atoms with E-state index in [1.807, 2.05) is 30.6 Å². The molecule has 7 heteroatoms. The molecule has 48 heavy (non-hydrogen) atoms. The van der Waals surface area contributed by atoms with Crippen LogP contribution in [0.25, 0.3) is 0 Å². The number of pyridine rings is 1. The largest absolute Gasteiger partial charge is 0.496 e. The van der Waals surface area contributed by atoms with Crippen molar-refractivity contribution in [2.75, 3.05) is 0 Å². The fourth-order valence-corrected chi connectivity index (χ4v) is 13.0. The summed E-state index contributed by atoms with van der Waals surface area (Å²) in [5.74, 6) is 0.922. The lowest BCUT2D eigenvalue weighted by atomic mass is 9.32. The van der Waals surface area contributed by atoms with E-state index < -0.39 is 17.4 Å². The average molecular weight is 662 g/mol. The Hall–Kier alpha value is -2.70. The number of carbonyl (C=O) groups is 3. The van der Waals surface area contributed by atoms with Crippen molar-refractivity contribution >= 4 is 18.0 Å². The molecule has 5 aliphatic rings. The number of nitrogens with one attached hydrogen (secondary N) is 1. The van der Waals surface area contributed by atoms with Gasteiger partial charge in [-0.15, -0.1) is 0 Å². The van der Waals surface area contributed by atoms with Gasteiger partial charge in [0.2, 0.25) is 0 Å². The number of carbonyl (C=O) groups excluding carboxylic acids is 2. The van der Waals surface area contributed by atoms with Gasteiger partial charge in [-0.3, -0.25) is 9.59 Å². The first kappa shape index (κ1) is 35.1. The molecule has 0 radical (unpaired) electrons. The molecule has 1 heterocycles. The molecule has 5 fully saturated rings. The summed E-state index contributed by atoms with van der Waals surface area (Å²) in [5.41, 5.74) is 0.148. The van der Waals surface area contributed by atoms with Gasteiger partial charge >= 0.3 is 18.0 Å². The summed E-state index contributed by atoms with van der Waals surface area (Å²) >= 11 is 0. The highest BCUT2D eigenvalue weighted by molar-refractivity contribution is 5.81. The maximum absolute atomic E-state index is 13.7. The van der Waals surface area contributed by atoms with Gasteiger partial charge in [0, 0.05) is 11.3 Å². The SMILES string of the molecule is C=C(C)[C@@H]1CC[C@]2(NC(=O)[n+]3ccccc3)CC[C@]3(C)[C@H](CC[C@@H]4[C@@]5(C)CC[C@H](OC(=O)CC(C)(C)C(=O)O)C(C)(C)[C@@H]5CC[C@]43C)[C@@H]12. The number of amides is 1. The van der Waals surface area contributed by atoms with Crippen LogP contribution in [-0.4, -0.2) is 34.7 Å². The third-order valence-corrected chi connectivity index (χ3v) is 15.8. The molecule has 0 bridgehead atoms. The Labute approximate surface area is 288 Å². The highest BCUT2D eigenvalue weighted by Crippen LogP contribution is 2.76. The van der Waals surface area contributed by atoms with Gasteiger partial charge in [-0.2, -0.15) is 9.36 Å². The number of nitrogens with zero attached hydrogens (tertiary/aromatic N) is 1. The average Bonchev–Trinajstić information content (AvgIpc) is 3.39. The standard InChI is InChI=1S/C41H60N2O5/c1-26(2)27-15-20-41(42-35(47)43-23-11-10-12-24-43)22-21-39(8)28(33(27)41)13-14-30-38(7)18-17-31(48-32(44)25-36(3,4)34(45)46)37(5,6)29(38)16-19-40(30,39)9/h10-12,23-24,27-31,33H,1,13-22,25H2,2-9H3,(H-,42,45,46,47)/p+1/t27-,28+,29-,30+,31-,33+,38-,39+,40+,41-/m0/s1. The van der Waals surface area contributed by atoms with Gasteiger partial charge in [-0.05, 0) is 137 Å². The molecular formula is C41H61N2O5+. The Balaban J connectivity index is 1.27. The molecule has 2 N–H and O–H groups in total. The number of allylic oxidation sites excluding steroid dienone is 1. The van der Waals surface area contributed by atoms with Crippen molar-refractivity contribution in [1.82, 2.24) is 5.32 Å². The fourth-order valence-electron chi connectivity index (χ4n) is 13.0. The number of aromatic nitrogens is 1. The van der Waals surface area contributed by atoms with Crippen LogP contribution in [0.2, 0.25) is 0 Å². The lowest BCUT2D eigenvalue weighted by molar-refractivity contribution is -0.573. The lowest BCUT2D eigenvalue weighted by Gasteiger charge is -2.72. The molecule has 6 rings (SSSR count). The van der Waals surface area contributed by atoms with Crippen molar-refractivity contribution in [1.29, 1.82) is 0 Å². The van der Waals surface area contributed by atoms with Crippen LogP contribution in [0.4, 0.5) is 4.79 Å². The Morgan fingerprint density at radius 1 is 0.875 bits per heavy atom. The van der Waals surface area contributed by atoms with Crippen molar-refractivity contribution in [2.45, 2.75) is 138 Å². The first-order valence-electron chi connectivity index (χ1n) is 18.7. The van der Waals surface area contributed by atoms with Crippen LogP contribution >= 0.6 is 0 Å². The number of hydrogen-bond acceptors (Lipinski definition) is 4. The van der Waals surface area contributed by atoms with E-state index in [-0.39, 0.29) is 45.8 Å². The third-order valence-electron chi connectivity index (χ3n) is 15.8. The molecule has 264 valence electrons. The molecule has 1 aromatic rings. The van der Waals surface area contributed by atoms with Crippen molar-refractivity contribution in [3.05, 3.63) is 42.7 Å². The van der Waals surface area contributed by atoms with Crippen LogP contribution in [0.5, 0.6) is 0 Å². The number of carboxylic acids is 1. The summed E-state index contributed by atoms with van der Waals surface area (Å²) in [4.78, 5) is 38.4. The molecule has 10 atom stereocenters. The van der Waals surface area contributed by atoms with Crippen molar-refractivity contribution in [3.8, 4) is 0 Å². The van der Waals surface area contributed by atoms with Crippen molar-refractivity contribution in [2.24, 2.45) is 56.7 Å². The van der Waals surface area contributed by atoms with Gasteiger partial charge in [-0.1, -0.05) is 52.8 Å². The highest BCUT2D eigenvalue weighted by Gasteiger charge is 2.72. The van der Waals surface area contributed by atoms with Crippen LogP contribution in [-0.2, 0) is 14.3 Å². The topological polar surface area (TPSA) is 96.6 Å². The lowest BCUT2D eigenvalue weighted by Crippen LogP contribution is -2.70. The third kappa shape index (κ3) is 5.18. The van der Waals surface area contributed by atoms with E-state index in [0.29, 0.717) is 29.6 Å². The van der Waals surface area contributed by atoms with E-state index in [0.717, 1.165) is 51.4 Å². The minimum Gasteiger partial charge on any atom is -0.481 e. The molecule has 5 saturated carbocycles. The minimum absolute atomic E-state index is 0.0225. The molecule has 1 aromatic heterocycles. The fraction of sp³-hybridized carbons (Fsp3) is 0.756. The zero-order valence-corrected chi connectivity index (χ0v) is 30.9. The number of fused-ring (bicyclic) bond motifs is 7. The summed E-state index contributed by atoms with van der Waals surface area (Å²) in [6.07, 6.45) is 14.1. The first-order valence-corrected chi connectivity index (χ1v) is 18.7. The van der Waals surface area contributed by atoms with E-state index in [4.69, 9.17) is 4.74 Å². The van der Waals surface area contributed by atoms with E-state index >= 15 is 0 Å². The summed E-state index contributed by atoms with van der Waals surface area (Å²) in [7, 11) is 0. The molecule has 0 unspecified atom stereocenters. The Morgan fingerprint density at radius 2 is 1.56 bits per heavy atom. The smallest absolute Gasteiger partial charge is 0.481 e. The van der Waals surface area contributed by atoms with Gasteiger partial charge in [0.25, 0.3) is 0 Å². The van der Waals surface area contributed by atoms with Crippen LogP contribution in [0.3, 0.4) is 0 Å². The minimum atomic E-state index is -1.14. The number of rotatable bonds is 6. The van der Waals surface area contributed by atoms with E-state index in [1.54, 1.807) is 18.4 Å². The van der Waals surface area contributed by atoms with E-state index in [1.165, 1.54) is 18.4 Å². The quantitative estimate of drug-likeness (QED) is 0.182. The number of esters is 1. The summed E-state index contributed by atoms with van der Waals surface area (Å²) in [5, 5.41) is 13.2. The van der Waals surface area contributed by atoms with Crippen molar-refractivity contribution in [3.63, 3.8) is 0 Å². The number of ether oxygens (including phenoxy) is 1. The number of hydrogen-bond donors (Lipinski definition) is 2. The number of aliphatic carboxylic acids is 1. The molecular weight excluding hydrogens is 600 g/mol. The molecule has 0 aliphatic heterocycles. The second-order valence-corrected chi connectivity index (χ2v) is 18.8. The van der Waals surface area contributed by atoms with E-state index in [2.05, 4.69) is 53.4 Å². The van der Waals surface area contributed by atoms with Crippen molar-refractivity contribution < 1.29 is 28.8 Å². The Kier molecular flexibility index (Phi) is 8.56. The van der Waals surface area contributed by atoms with Gasteiger partial charge < -0.3 is 9.84 Å². The molecule has 7 nitrogen and oxygen atoms in total. The Bertz CT molecular complexity index is 1470. The van der Waals surface area contributed by atoms with Gasteiger partial charge in [0.15, 0.2) is 0 Å². The molecule has 0 spiro atoms. The normalized spacial score (nSPS) is 41.5. The van der Waals surface area contributed by atoms with Gasteiger partial charge in [0.1, 0.15) is 11.6 Å². The summed E-state index contributed by atoms with van der Waals surface area (Å²) in [6, 6.07) is 5.75. The molecule has 0 saturated heterocycles. The zero-order valence-electron chi connectivity index (χ0n) is 30.9. The van der Waals surface area contributed by atoms with Crippen LogP contribution in [0.15, 0.2) is 42.7 Å². The second kappa shape index (κ2) is 11.7. The van der Waals surface area contributed by atoms with Gasteiger partial charge in [-0.25, -0.2) is 5.32 Å². The summed E-state index contributed by atoms with van der Waals surface area (Å²) < 4.78 is 7.85. The predicted octanol–water partition coefficient (Wildman–Crippen LogP) is 8.35. The van der Waals surface area contributed by atoms with Crippen LogP contribution in [0, 0.1) is 56.7 Å².